The second-order valence-electron chi connectivity index (χ2n) is 10.8. The lowest BCUT2D eigenvalue weighted by Crippen LogP contribution is -2.61. The molecular formula is C32H38N2O11S. The predicted molar refractivity (Wildman–Crippen MR) is 165 cm³/mol. The maximum atomic E-state index is 12.3. The smallest absolute Gasteiger partial charge is 0.303 e. The number of hydrogen-bond acceptors (Lipinski definition) is 13. The molecule has 0 aliphatic carbocycles. The Morgan fingerprint density at radius 3 is 2.15 bits per heavy atom. The number of carbonyl (C=O) groups excluding carboxylic acids is 4. The number of imidazole rings is 1. The number of carbonyl (C=O) groups is 4. The summed E-state index contributed by atoms with van der Waals surface area (Å²) < 4.78 is 41.7. The van der Waals surface area contributed by atoms with E-state index in [0.29, 0.717) is 28.7 Å². The number of nitrogens with zero attached hydrogens (tertiary/aromatic N) is 2. The Balaban J connectivity index is 1.77. The van der Waals surface area contributed by atoms with Gasteiger partial charge in [-0.1, -0.05) is 30.0 Å². The molecule has 0 N–H and O–H groups in total. The van der Waals surface area contributed by atoms with Crippen LogP contribution in [0.1, 0.15) is 47.1 Å². The highest BCUT2D eigenvalue weighted by molar-refractivity contribution is 7.99. The third kappa shape index (κ3) is 8.69. The molecule has 3 aromatic rings. The molecular weight excluding hydrogens is 620 g/mol. The minimum Gasteiger partial charge on any atom is -0.493 e. The van der Waals surface area contributed by atoms with Crippen molar-refractivity contribution in [3.63, 3.8) is 0 Å². The Morgan fingerprint density at radius 1 is 0.870 bits per heavy atom. The molecule has 0 spiro atoms. The van der Waals surface area contributed by atoms with Crippen molar-refractivity contribution in [3.8, 4) is 11.5 Å². The molecule has 2 aromatic carbocycles. The molecule has 0 radical (unpaired) electrons. The first-order chi connectivity index (χ1) is 21.9. The summed E-state index contributed by atoms with van der Waals surface area (Å²) in [4.78, 5) is 53.2. The second kappa shape index (κ2) is 15.3. The average molecular weight is 659 g/mol. The number of rotatable bonds is 12. The van der Waals surface area contributed by atoms with E-state index in [1.54, 1.807) is 7.11 Å². The number of hydrogen-bond donors (Lipinski definition) is 0. The standard InChI is InChI=1S/C32H38N2O11S/c1-17(2)41-25-13-12-22(14-26(25)39-7)15-34-24-11-9-8-10-23(24)33-32(34)46-31-30(44-21(6)38)29(43-20(5)37)28(42-19(4)36)27(45-31)16-40-18(3)35/h8-14,17,27-31H,15-16H2,1-7H3. The van der Waals surface area contributed by atoms with Crippen LogP contribution < -0.4 is 9.47 Å². The SMILES string of the molecule is COc1cc(Cn2c(SC3OC(COC(C)=O)C(OC(C)=O)C(OC(C)=O)C3OC(C)=O)nc3ccccc32)ccc1OC(C)C. The lowest BCUT2D eigenvalue weighted by Gasteiger charge is -2.44. The second-order valence-corrected chi connectivity index (χ2v) is 11.9. The lowest BCUT2D eigenvalue weighted by molar-refractivity contribution is -0.237. The number of fused-ring (bicyclic) bond motifs is 1. The van der Waals surface area contributed by atoms with Crippen LogP contribution in [0.2, 0.25) is 0 Å². The van der Waals surface area contributed by atoms with Crippen LogP contribution in [-0.2, 0) is 49.4 Å². The van der Waals surface area contributed by atoms with Gasteiger partial charge in [0.05, 0.1) is 30.8 Å². The van der Waals surface area contributed by atoms with Gasteiger partial charge in [-0.05, 0) is 43.7 Å². The van der Waals surface area contributed by atoms with Crippen LogP contribution in [0.5, 0.6) is 11.5 Å². The van der Waals surface area contributed by atoms with Crippen molar-refractivity contribution in [2.75, 3.05) is 13.7 Å². The molecule has 0 amide bonds. The molecule has 13 nitrogen and oxygen atoms in total. The number of para-hydroxylation sites is 2. The van der Waals surface area contributed by atoms with Crippen LogP contribution in [0.4, 0.5) is 0 Å². The van der Waals surface area contributed by atoms with Gasteiger partial charge in [-0.25, -0.2) is 4.98 Å². The predicted octanol–water partition coefficient (Wildman–Crippen LogP) is 4.06. The maximum absolute atomic E-state index is 12.3. The van der Waals surface area contributed by atoms with Crippen molar-refractivity contribution in [2.24, 2.45) is 0 Å². The molecule has 1 saturated heterocycles. The fraction of sp³-hybridized carbons (Fsp3) is 0.469. The molecule has 1 aliphatic heterocycles. The van der Waals surface area contributed by atoms with Gasteiger partial charge in [0.1, 0.15) is 12.7 Å². The van der Waals surface area contributed by atoms with E-state index in [4.69, 9.17) is 38.1 Å². The zero-order valence-electron chi connectivity index (χ0n) is 26.7. The van der Waals surface area contributed by atoms with Gasteiger partial charge in [-0.3, -0.25) is 19.2 Å². The van der Waals surface area contributed by atoms with Crippen molar-refractivity contribution in [1.82, 2.24) is 9.55 Å². The summed E-state index contributed by atoms with van der Waals surface area (Å²) in [5.41, 5.74) is 1.37. The first kappa shape index (κ1) is 34.6. The van der Waals surface area contributed by atoms with Gasteiger partial charge in [0.15, 0.2) is 40.4 Å². The monoisotopic (exact) mass is 658 g/mol. The van der Waals surface area contributed by atoms with Gasteiger partial charge in [-0.2, -0.15) is 0 Å². The van der Waals surface area contributed by atoms with Crippen LogP contribution in [0.15, 0.2) is 47.6 Å². The van der Waals surface area contributed by atoms with Crippen LogP contribution in [0.3, 0.4) is 0 Å². The third-order valence-electron chi connectivity index (χ3n) is 6.72. The Kier molecular flexibility index (Phi) is 11.5. The first-order valence-corrected chi connectivity index (χ1v) is 15.5. The molecule has 1 aliphatic rings. The molecule has 1 aromatic heterocycles. The molecule has 46 heavy (non-hydrogen) atoms. The van der Waals surface area contributed by atoms with E-state index in [0.717, 1.165) is 22.8 Å². The van der Waals surface area contributed by atoms with Crippen molar-refractivity contribution < 1.29 is 52.3 Å². The molecule has 14 heteroatoms. The summed E-state index contributed by atoms with van der Waals surface area (Å²) >= 11 is 1.12. The van der Waals surface area contributed by atoms with Crippen molar-refractivity contribution in [3.05, 3.63) is 48.0 Å². The highest BCUT2D eigenvalue weighted by Crippen LogP contribution is 2.39. The van der Waals surface area contributed by atoms with Gasteiger partial charge in [0, 0.05) is 27.7 Å². The molecule has 0 bridgehead atoms. The molecule has 5 atom stereocenters. The van der Waals surface area contributed by atoms with E-state index in [1.165, 1.54) is 27.7 Å². The quantitative estimate of drug-likeness (QED) is 0.203. The summed E-state index contributed by atoms with van der Waals surface area (Å²) in [6, 6.07) is 13.2. The average Bonchev–Trinajstić information content (AvgIpc) is 3.31. The highest BCUT2D eigenvalue weighted by Gasteiger charge is 2.52. The van der Waals surface area contributed by atoms with E-state index in [2.05, 4.69) is 0 Å². The topological polar surface area (TPSA) is 151 Å². The molecule has 0 saturated carbocycles. The van der Waals surface area contributed by atoms with E-state index in [-0.39, 0.29) is 12.7 Å². The molecule has 5 unspecified atom stereocenters. The summed E-state index contributed by atoms with van der Waals surface area (Å²) in [5.74, 6) is -1.49. The summed E-state index contributed by atoms with van der Waals surface area (Å²) in [6.07, 6.45) is -4.88. The molecule has 2 heterocycles. The number of ether oxygens (including phenoxy) is 7. The van der Waals surface area contributed by atoms with Crippen molar-refractivity contribution in [2.45, 2.75) is 89.2 Å². The van der Waals surface area contributed by atoms with Crippen LogP contribution in [-0.4, -0.2) is 83.1 Å². The zero-order valence-corrected chi connectivity index (χ0v) is 27.5. The largest absolute Gasteiger partial charge is 0.493 e. The Hall–Kier alpha value is -4.30. The summed E-state index contributed by atoms with van der Waals surface area (Å²) in [5, 5.41) is 0.489. The number of benzene rings is 2. The normalized spacial score (nSPS) is 21.0. The fourth-order valence-corrected chi connectivity index (χ4v) is 6.22. The van der Waals surface area contributed by atoms with Crippen molar-refractivity contribution in [1.29, 1.82) is 0 Å². The minimum atomic E-state index is -1.28. The van der Waals surface area contributed by atoms with Gasteiger partial charge in [0.2, 0.25) is 0 Å². The Bertz CT molecular complexity index is 1570. The maximum Gasteiger partial charge on any atom is 0.303 e. The lowest BCUT2D eigenvalue weighted by atomic mass is 9.99. The number of methoxy groups -OCH3 is 1. The Morgan fingerprint density at radius 2 is 1.52 bits per heavy atom. The molecule has 1 fully saturated rings. The zero-order chi connectivity index (χ0) is 33.5. The number of thioether (sulfide) groups is 1. The van der Waals surface area contributed by atoms with Crippen LogP contribution in [0.25, 0.3) is 11.0 Å². The summed E-state index contributed by atoms with van der Waals surface area (Å²) in [6.45, 7) is 8.69. The van der Waals surface area contributed by atoms with E-state index >= 15 is 0 Å². The van der Waals surface area contributed by atoms with Gasteiger partial charge in [-0.15, -0.1) is 0 Å². The molecule has 4 rings (SSSR count). The van der Waals surface area contributed by atoms with E-state index < -0.39 is 53.7 Å². The van der Waals surface area contributed by atoms with Crippen LogP contribution in [0, 0.1) is 0 Å². The third-order valence-corrected chi connectivity index (χ3v) is 7.85. The molecule has 248 valence electrons. The Labute approximate surface area is 270 Å². The number of aromatic nitrogens is 2. The van der Waals surface area contributed by atoms with E-state index in [1.807, 2.05) is 60.9 Å². The fourth-order valence-electron chi connectivity index (χ4n) is 5.03. The highest BCUT2D eigenvalue weighted by atomic mass is 32.2. The van der Waals surface area contributed by atoms with E-state index in [9.17, 15) is 19.2 Å². The van der Waals surface area contributed by atoms with Gasteiger partial charge in [0.25, 0.3) is 0 Å². The number of esters is 4. The van der Waals surface area contributed by atoms with Crippen LogP contribution >= 0.6 is 11.8 Å². The van der Waals surface area contributed by atoms with Gasteiger partial charge < -0.3 is 37.7 Å². The first-order valence-electron chi connectivity index (χ1n) is 14.6. The van der Waals surface area contributed by atoms with Crippen molar-refractivity contribution >= 4 is 46.7 Å². The van der Waals surface area contributed by atoms with Gasteiger partial charge >= 0.3 is 23.9 Å². The minimum absolute atomic E-state index is 0.0399. The summed E-state index contributed by atoms with van der Waals surface area (Å²) in [7, 11) is 1.57.